The number of nitrogens with zero attached hydrogens (tertiary/aromatic N) is 1. The molecule has 7 heteroatoms. The summed E-state index contributed by atoms with van der Waals surface area (Å²) in [7, 11) is 0. The first-order chi connectivity index (χ1) is 12.2. The Bertz CT molecular complexity index is 869. The molecule has 2 aromatic carbocycles. The van der Waals surface area contributed by atoms with Gasteiger partial charge in [0.25, 0.3) is 0 Å². The molecule has 2 aromatic rings. The highest BCUT2D eigenvalue weighted by Crippen LogP contribution is 2.44. The molecule has 2 N–H and O–H groups in total. The molecular weight excluding hydrogens is 324 g/mol. The quantitative estimate of drug-likeness (QED) is 0.836. The number of carbonyl (C=O) groups is 1. The summed E-state index contributed by atoms with van der Waals surface area (Å²) >= 11 is 0. The Balaban J connectivity index is 1.51. The highest BCUT2D eigenvalue weighted by molar-refractivity contribution is 6.05. The van der Waals surface area contributed by atoms with Gasteiger partial charge in [-0.15, -0.1) is 0 Å². The van der Waals surface area contributed by atoms with Crippen LogP contribution in [0.15, 0.2) is 36.4 Å². The van der Waals surface area contributed by atoms with Gasteiger partial charge < -0.3 is 29.6 Å². The molecule has 3 aliphatic heterocycles. The lowest BCUT2D eigenvalue weighted by Gasteiger charge is -2.45. The lowest BCUT2D eigenvalue weighted by molar-refractivity contribution is -0.126. The fraction of sp³-hybridized carbons (Fsp3) is 0.278. The van der Waals surface area contributed by atoms with Crippen LogP contribution in [-0.4, -0.2) is 32.0 Å². The van der Waals surface area contributed by atoms with Crippen LogP contribution in [0.3, 0.4) is 0 Å². The Hall–Kier alpha value is -2.93. The SMILES string of the molecule is N[C@H]1C(=O)N(c2ccc3c(c2)OCCO3)[C@H]1c1ccc2c(c1)OCO2. The number of ether oxygens (including phenoxy) is 4. The summed E-state index contributed by atoms with van der Waals surface area (Å²) in [6.45, 7) is 1.23. The molecular formula is C18H16N2O5. The van der Waals surface area contributed by atoms with E-state index in [0.717, 1.165) is 11.3 Å². The van der Waals surface area contributed by atoms with E-state index in [0.29, 0.717) is 36.2 Å². The van der Waals surface area contributed by atoms with Crippen LogP contribution in [0.1, 0.15) is 11.6 Å². The van der Waals surface area contributed by atoms with Gasteiger partial charge in [-0.25, -0.2) is 0 Å². The second-order valence-corrected chi connectivity index (χ2v) is 6.12. The second-order valence-electron chi connectivity index (χ2n) is 6.12. The zero-order valence-corrected chi connectivity index (χ0v) is 13.3. The molecule has 0 aliphatic carbocycles. The monoisotopic (exact) mass is 340 g/mol. The molecule has 1 amide bonds. The summed E-state index contributed by atoms with van der Waals surface area (Å²) in [5.41, 5.74) is 7.73. The number of carbonyl (C=O) groups excluding carboxylic acids is 1. The van der Waals surface area contributed by atoms with E-state index >= 15 is 0 Å². The van der Waals surface area contributed by atoms with E-state index in [1.165, 1.54) is 0 Å². The number of fused-ring (bicyclic) bond motifs is 2. The number of β-lactam (4-membered cyclic amide) rings is 1. The van der Waals surface area contributed by atoms with Gasteiger partial charge in [0.1, 0.15) is 19.3 Å². The second kappa shape index (κ2) is 5.29. The fourth-order valence-corrected chi connectivity index (χ4v) is 3.43. The molecule has 0 radical (unpaired) electrons. The predicted molar refractivity (Wildman–Crippen MR) is 88.2 cm³/mol. The van der Waals surface area contributed by atoms with E-state index < -0.39 is 6.04 Å². The molecule has 0 aromatic heterocycles. The molecule has 7 nitrogen and oxygen atoms in total. The highest BCUT2D eigenvalue weighted by atomic mass is 16.7. The van der Waals surface area contributed by atoms with Crippen molar-refractivity contribution in [3.8, 4) is 23.0 Å². The van der Waals surface area contributed by atoms with E-state index in [1.807, 2.05) is 36.4 Å². The summed E-state index contributed by atoms with van der Waals surface area (Å²) in [4.78, 5) is 14.1. The molecule has 0 saturated carbocycles. The zero-order valence-electron chi connectivity index (χ0n) is 13.3. The minimum absolute atomic E-state index is 0.126. The Morgan fingerprint density at radius 1 is 0.880 bits per heavy atom. The maximum Gasteiger partial charge on any atom is 0.247 e. The Morgan fingerprint density at radius 2 is 1.56 bits per heavy atom. The number of nitrogens with two attached hydrogens (primary N) is 1. The van der Waals surface area contributed by atoms with Gasteiger partial charge in [0, 0.05) is 11.8 Å². The van der Waals surface area contributed by atoms with Gasteiger partial charge in [0.05, 0.1) is 6.04 Å². The number of hydrogen-bond donors (Lipinski definition) is 1. The van der Waals surface area contributed by atoms with Gasteiger partial charge in [-0.3, -0.25) is 4.79 Å². The fourth-order valence-electron chi connectivity index (χ4n) is 3.43. The van der Waals surface area contributed by atoms with Crippen LogP contribution >= 0.6 is 0 Å². The van der Waals surface area contributed by atoms with Crippen LogP contribution in [-0.2, 0) is 4.79 Å². The van der Waals surface area contributed by atoms with Crippen molar-refractivity contribution in [1.29, 1.82) is 0 Å². The Kier molecular flexibility index (Phi) is 3.05. The van der Waals surface area contributed by atoms with E-state index in [-0.39, 0.29) is 18.7 Å². The van der Waals surface area contributed by atoms with Crippen LogP contribution in [0.2, 0.25) is 0 Å². The lowest BCUT2D eigenvalue weighted by atomic mass is 9.88. The molecule has 0 unspecified atom stereocenters. The van der Waals surface area contributed by atoms with Crippen molar-refractivity contribution in [1.82, 2.24) is 0 Å². The van der Waals surface area contributed by atoms with E-state index in [1.54, 1.807) is 4.90 Å². The highest BCUT2D eigenvalue weighted by Gasteiger charge is 2.47. The number of anilines is 1. The topological polar surface area (TPSA) is 83.3 Å². The van der Waals surface area contributed by atoms with E-state index in [9.17, 15) is 4.79 Å². The molecule has 128 valence electrons. The van der Waals surface area contributed by atoms with Gasteiger partial charge in [-0.1, -0.05) is 6.07 Å². The number of hydrogen-bond acceptors (Lipinski definition) is 6. The molecule has 1 saturated heterocycles. The summed E-state index contributed by atoms with van der Waals surface area (Å²) < 4.78 is 21.9. The van der Waals surface area contributed by atoms with Crippen molar-refractivity contribution in [2.75, 3.05) is 24.9 Å². The molecule has 3 aliphatic rings. The van der Waals surface area contributed by atoms with Crippen molar-refractivity contribution in [2.24, 2.45) is 5.73 Å². The zero-order chi connectivity index (χ0) is 17.0. The normalized spacial score (nSPS) is 23.4. The number of benzene rings is 2. The van der Waals surface area contributed by atoms with Crippen molar-refractivity contribution in [3.63, 3.8) is 0 Å². The van der Waals surface area contributed by atoms with Crippen LogP contribution < -0.4 is 29.6 Å². The third-order valence-electron chi connectivity index (χ3n) is 4.68. The van der Waals surface area contributed by atoms with Crippen LogP contribution in [0.4, 0.5) is 5.69 Å². The van der Waals surface area contributed by atoms with E-state index in [2.05, 4.69) is 0 Å². The maximum absolute atomic E-state index is 12.4. The number of rotatable bonds is 2. The molecule has 0 spiro atoms. The number of amides is 1. The van der Waals surface area contributed by atoms with Crippen molar-refractivity contribution in [3.05, 3.63) is 42.0 Å². The van der Waals surface area contributed by atoms with Crippen LogP contribution in [0.25, 0.3) is 0 Å². The lowest BCUT2D eigenvalue weighted by Crippen LogP contribution is -2.63. The van der Waals surface area contributed by atoms with Crippen molar-refractivity contribution < 1.29 is 23.7 Å². The molecule has 2 atom stereocenters. The molecule has 5 rings (SSSR count). The first-order valence-electron chi connectivity index (χ1n) is 8.10. The molecule has 3 heterocycles. The average Bonchev–Trinajstić information content (AvgIpc) is 3.12. The van der Waals surface area contributed by atoms with Gasteiger partial charge in [0.2, 0.25) is 12.7 Å². The smallest absolute Gasteiger partial charge is 0.247 e. The summed E-state index contributed by atoms with van der Waals surface area (Å²) in [6.07, 6.45) is 0. The van der Waals surface area contributed by atoms with Crippen molar-refractivity contribution >= 4 is 11.6 Å². The first kappa shape index (κ1) is 14.4. The Morgan fingerprint density at radius 3 is 2.44 bits per heavy atom. The van der Waals surface area contributed by atoms with Crippen molar-refractivity contribution in [2.45, 2.75) is 12.1 Å². The average molecular weight is 340 g/mol. The van der Waals surface area contributed by atoms with Crippen LogP contribution in [0.5, 0.6) is 23.0 Å². The summed E-state index contributed by atoms with van der Waals surface area (Å²) in [6, 6.07) is 10.3. The summed E-state index contributed by atoms with van der Waals surface area (Å²) in [5.74, 6) is 2.58. The standard InChI is InChI=1S/C18H16N2O5/c19-16-17(10-1-3-13-14(7-10)25-9-24-13)20(18(16)21)11-2-4-12-15(8-11)23-6-5-22-12/h1-4,7-8,16-17H,5-6,9,19H2/t16-,17+/m1/s1. The third kappa shape index (κ3) is 2.12. The minimum Gasteiger partial charge on any atom is -0.486 e. The Labute approximate surface area is 143 Å². The van der Waals surface area contributed by atoms with Crippen LogP contribution in [0, 0.1) is 0 Å². The molecule has 1 fully saturated rings. The third-order valence-corrected chi connectivity index (χ3v) is 4.68. The van der Waals surface area contributed by atoms with Gasteiger partial charge in [0.15, 0.2) is 23.0 Å². The minimum atomic E-state index is -0.589. The first-order valence-corrected chi connectivity index (χ1v) is 8.10. The molecule has 25 heavy (non-hydrogen) atoms. The van der Waals surface area contributed by atoms with Gasteiger partial charge in [-0.05, 0) is 29.8 Å². The molecule has 0 bridgehead atoms. The maximum atomic E-state index is 12.4. The van der Waals surface area contributed by atoms with Gasteiger partial charge >= 0.3 is 0 Å². The van der Waals surface area contributed by atoms with Gasteiger partial charge in [-0.2, -0.15) is 0 Å². The summed E-state index contributed by atoms with van der Waals surface area (Å²) in [5, 5.41) is 0. The van der Waals surface area contributed by atoms with E-state index in [4.69, 9.17) is 24.7 Å². The largest absolute Gasteiger partial charge is 0.486 e. The predicted octanol–water partition coefficient (Wildman–Crippen LogP) is 1.60.